The molecule has 0 fully saturated rings. The van der Waals surface area contributed by atoms with Crippen LogP contribution in [0.15, 0.2) is 53.4 Å². The molecule has 0 spiro atoms. The summed E-state index contributed by atoms with van der Waals surface area (Å²) in [5.41, 5.74) is 4.35. The molecule has 7 heteroatoms. The molecule has 26 heavy (non-hydrogen) atoms. The summed E-state index contributed by atoms with van der Waals surface area (Å²) in [7, 11) is -3.76. The second-order valence-electron chi connectivity index (χ2n) is 6.32. The highest BCUT2D eigenvalue weighted by atomic mass is 35.5. The van der Waals surface area contributed by atoms with Gasteiger partial charge < -0.3 is 0 Å². The number of hydrogen-bond donors (Lipinski definition) is 1. The molecule has 0 amide bonds. The van der Waals surface area contributed by atoms with Gasteiger partial charge in [-0.3, -0.25) is 9.40 Å². The first kappa shape index (κ1) is 18.5. The molecule has 0 saturated heterocycles. The molecular formula is C19H20ClN3O2S. The van der Waals surface area contributed by atoms with Crippen molar-refractivity contribution < 1.29 is 8.42 Å². The van der Waals surface area contributed by atoms with Crippen molar-refractivity contribution in [3.05, 3.63) is 76.1 Å². The number of halogens is 1. The fraction of sp³-hybridized carbons (Fsp3) is 0.211. The van der Waals surface area contributed by atoms with Crippen molar-refractivity contribution in [2.24, 2.45) is 0 Å². The smallest absolute Gasteiger partial charge is 0.263 e. The summed E-state index contributed by atoms with van der Waals surface area (Å²) in [6, 6.07) is 14.1. The second-order valence-corrected chi connectivity index (χ2v) is 8.38. The maximum atomic E-state index is 12.6. The summed E-state index contributed by atoms with van der Waals surface area (Å²) in [6.07, 6.45) is 0. The summed E-state index contributed by atoms with van der Waals surface area (Å²) in [5.74, 6) is 0. The normalized spacial score (nSPS) is 11.5. The topological polar surface area (TPSA) is 64.0 Å². The Morgan fingerprint density at radius 3 is 2.50 bits per heavy atom. The van der Waals surface area contributed by atoms with Crippen molar-refractivity contribution in [1.29, 1.82) is 0 Å². The first-order chi connectivity index (χ1) is 12.2. The van der Waals surface area contributed by atoms with E-state index in [1.165, 1.54) is 6.07 Å². The lowest BCUT2D eigenvalue weighted by molar-refractivity contribution is 0.601. The van der Waals surface area contributed by atoms with Crippen LogP contribution in [0, 0.1) is 20.8 Å². The molecular weight excluding hydrogens is 370 g/mol. The van der Waals surface area contributed by atoms with Crippen molar-refractivity contribution in [3.63, 3.8) is 0 Å². The maximum absolute atomic E-state index is 12.6. The fourth-order valence-corrected chi connectivity index (χ4v) is 4.42. The Kier molecular flexibility index (Phi) is 5.07. The summed E-state index contributed by atoms with van der Waals surface area (Å²) in [4.78, 5) is 0.0636. The van der Waals surface area contributed by atoms with E-state index < -0.39 is 10.0 Å². The van der Waals surface area contributed by atoms with Gasteiger partial charge in [-0.05, 0) is 62.2 Å². The molecule has 0 aliphatic heterocycles. The molecule has 0 saturated carbocycles. The van der Waals surface area contributed by atoms with Crippen LogP contribution in [-0.4, -0.2) is 18.2 Å². The minimum Gasteiger partial charge on any atom is -0.280 e. The Morgan fingerprint density at radius 1 is 1.08 bits per heavy atom. The van der Waals surface area contributed by atoms with Gasteiger partial charge in [-0.25, -0.2) is 8.42 Å². The number of sulfonamides is 1. The average molecular weight is 390 g/mol. The monoisotopic (exact) mass is 389 g/mol. The van der Waals surface area contributed by atoms with E-state index in [0.29, 0.717) is 12.2 Å². The van der Waals surface area contributed by atoms with E-state index in [9.17, 15) is 8.42 Å². The molecule has 0 aliphatic carbocycles. The highest BCUT2D eigenvalue weighted by molar-refractivity contribution is 7.92. The number of aryl methyl sites for hydroxylation is 3. The van der Waals surface area contributed by atoms with Crippen molar-refractivity contribution in [2.45, 2.75) is 32.2 Å². The Balaban J connectivity index is 1.85. The minimum absolute atomic E-state index is 0.0636. The van der Waals surface area contributed by atoms with Crippen molar-refractivity contribution >= 4 is 27.3 Å². The molecule has 1 aromatic heterocycles. The number of aromatic nitrogens is 2. The quantitative estimate of drug-likeness (QED) is 0.707. The van der Waals surface area contributed by atoms with Crippen LogP contribution in [0.5, 0.6) is 0 Å². The fourth-order valence-electron chi connectivity index (χ4n) is 2.78. The van der Waals surface area contributed by atoms with Gasteiger partial charge in [0.15, 0.2) is 0 Å². The van der Waals surface area contributed by atoms with Crippen LogP contribution in [0.3, 0.4) is 0 Å². The summed E-state index contributed by atoms with van der Waals surface area (Å²) >= 11 is 6.11. The standard InChI is InChI=1S/C19H20ClN3O2S/c1-13-7-8-19(18(20)9-13)26(24,25)22-17-6-4-5-16(11-17)12-23-15(3)10-14(2)21-23/h4-11,22H,12H2,1-3H3. The Bertz CT molecular complexity index is 1060. The molecule has 0 atom stereocenters. The number of rotatable bonds is 5. The van der Waals surface area contributed by atoms with E-state index in [1.54, 1.807) is 24.3 Å². The number of nitrogens with zero attached hydrogens (tertiary/aromatic N) is 2. The van der Waals surface area contributed by atoms with Crippen molar-refractivity contribution in [3.8, 4) is 0 Å². The predicted molar refractivity (Wildman–Crippen MR) is 104 cm³/mol. The Hall–Kier alpha value is -2.31. The third kappa shape index (κ3) is 4.08. The van der Waals surface area contributed by atoms with Gasteiger partial charge >= 0.3 is 0 Å². The van der Waals surface area contributed by atoms with E-state index in [1.807, 2.05) is 43.7 Å². The van der Waals surface area contributed by atoms with Gasteiger partial charge in [0.2, 0.25) is 0 Å². The molecule has 1 N–H and O–H groups in total. The zero-order chi connectivity index (χ0) is 18.9. The second kappa shape index (κ2) is 7.13. The number of anilines is 1. The molecule has 2 aromatic carbocycles. The Morgan fingerprint density at radius 2 is 1.85 bits per heavy atom. The van der Waals surface area contributed by atoms with E-state index in [4.69, 9.17) is 11.6 Å². The third-order valence-corrected chi connectivity index (χ3v) is 5.86. The van der Waals surface area contributed by atoms with Crippen molar-refractivity contribution in [1.82, 2.24) is 9.78 Å². The molecule has 0 aliphatic rings. The van der Waals surface area contributed by atoms with Gasteiger partial charge in [-0.2, -0.15) is 5.10 Å². The van der Waals surface area contributed by atoms with Gasteiger partial charge in [0.1, 0.15) is 4.90 Å². The van der Waals surface area contributed by atoms with E-state index in [-0.39, 0.29) is 9.92 Å². The molecule has 5 nitrogen and oxygen atoms in total. The zero-order valence-electron chi connectivity index (χ0n) is 14.8. The molecule has 1 heterocycles. The van der Waals surface area contributed by atoms with Gasteiger partial charge in [-0.15, -0.1) is 0 Å². The van der Waals surface area contributed by atoms with Gasteiger partial charge in [0.05, 0.1) is 17.3 Å². The Labute approximate surface area is 158 Å². The molecule has 0 bridgehead atoms. The first-order valence-electron chi connectivity index (χ1n) is 8.13. The van der Waals surface area contributed by atoms with Gasteiger partial charge in [0, 0.05) is 11.4 Å². The lowest BCUT2D eigenvalue weighted by Crippen LogP contribution is -2.14. The summed E-state index contributed by atoms with van der Waals surface area (Å²) in [6.45, 7) is 6.37. The van der Waals surface area contributed by atoms with Crippen LogP contribution in [0.1, 0.15) is 22.5 Å². The molecule has 136 valence electrons. The van der Waals surface area contributed by atoms with Gasteiger partial charge in [-0.1, -0.05) is 29.8 Å². The maximum Gasteiger partial charge on any atom is 0.263 e. The number of nitrogens with one attached hydrogen (secondary N) is 1. The minimum atomic E-state index is -3.76. The van der Waals surface area contributed by atoms with Crippen molar-refractivity contribution in [2.75, 3.05) is 4.72 Å². The summed E-state index contributed by atoms with van der Waals surface area (Å²) in [5, 5.41) is 4.64. The number of hydrogen-bond acceptors (Lipinski definition) is 3. The van der Waals surface area contributed by atoms with E-state index in [2.05, 4.69) is 9.82 Å². The largest absolute Gasteiger partial charge is 0.280 e. The van der Waals surface area contributed by atoms with Crippen LogP contribution in [0.25, 0.3) is 0 Å². The van der Waals surface area contributed by atoms with Gasteiger partial charge in [0.25, 0.3) is 10.0 Å². The first-order valence-corrected chi connectivity index (χ1v) is 10.00. The SMILES string of the molecule is Cc1ccc(S(=O)(=O)Nc2cccc(Cn3nc(C)cc3C)c2)c(Cl)c1. The summed E-state index contributed by atoms with van der Waals surface area (Å²) < 4.78 is 29.8. The third-order valence-electron chi connectivity index (χ3n) is 3.99. The average Bonchev–Trinajstić information content (AvgIpc) is 2.84. The zero-order valence-corrected chi connectivity index (χ0v) is 16.4. The van der Waals surface area contributed by atoms with Crippen LogP contribution in [-0.2, 0) is 16.6 Å². The highest BCUT2D eigenvalue weighted by Crippen LogP contribution is 2.25. The predicted octanol–water partition coefficient (Wildman–Crippen LogP) is 4.31. The van der Waals surface area contributed by atoms with Crippen LogP contribution >= 0.6 is 11.6 Å². The van der Waals surface area contributed by atoms with Crippen LogP contribution in [0.2, 0.25) is 5.02 Å². The van der Waals surface area contributed by atoms with E-state index in [0.717, 1.165) is 22.5 Å². The van der Waals surface area contributed by atoms with Crippen LogP contribution < -0.4 is 4.72 Å². The molecule has 3 aromatic rings. The van der Waals surface area contributed by atoms with Crippen LogP contribution in [0.4, 0.5) is 5.69 Å². The molecule has 0 radical (unpaired) electrons. The molecule has 0 unspecified atom stereocenters. The lowest BCUT2D eigenvalue weighted by Gasteiger charge is -2.11. The number of benzene rings is 2. The lowest BCUT2D eigenvalue weighted by atomic mass is 10.2. The highest BCUT2D eigenvalue weighted by Gasteiger charge is 2.18. The molecule has 3 rings (SSSR count). The van der Waals surface area contributed by atoms with E-state index >= 15 is 0 Å².